The number of hydrogen-bond acceptors (Lipinski definition) is 4. The molecule has 22 heavy (non-hydrogen) atoms. The summed E-state index contributed by atoms with van der Waals surface area (Å²) in [5, 5.41) is 2.80. The number of hydrogen-bond donors (Lipinski definition) is 2. The second-order valence-corrected chi connectivity index (χ2v) is 4.86. The van der Waals surface area contributed by atoms with Gasteiger partial charge in [0.25, 0.3) is 0 Å². The molecule has 116 valence electrons. The maximum atomic E-state index is 13.9. The van der Waals surface area contributed by atoms with Crippen LogP contribution in [-0.2, 0) is 4.74 Å². The number of Topliss-reactive ketones (excluding diaryl/α,β-unsaturated/α-hetero) is 1. The van der Waals surface area contributed by atoms with Crippen molar-refractivity contribution in [1.29, 1.82) is 0 Å². The standard InChI is InChI=1S/C16H17FN2O3/c1-4-22-16(21)11-8-14(10(3)20)19-15(11)18-13-6-5-9(2)7-12(13)17/h5-8,18-19H,4H2,1-3H3. The highest BCUT2D eigenvalue weighted by Gasteiger charge is 2.19. The third-order valence-corrected chi connectivity index (χ3v) is 3.08. The van der Waals surface area contributed by atoms with E-state index in [-0.39, 0.29) is 35.2 Å². The molecule has 0 radical (unpaired) electrons. The summed E-state index contributed by atoms with van der Waals surface area (Å²) in [6.07, 6.45) is 0. The molecular weight excluding hydrogens is 287 g/mol. The number of anilines is 2. The van der Waals surface area contributed by atoms with Crippen LogP contribution in [0.5, 0.6) is 0 Å². The maximum absolute atomic E-state index is 13.9. The van der Waals surface area contributed by atoms with Gasteiger partial charge in [0, 0.05) is 6.92 Å². The molecular formula is C16H17FN2O3. The Bertz CT molecular complexity index is 722. The molecule has 0 aliphatic rings. The number of carbonyl (C=O) groups excluding carboxylic acids is 2. The van der Waals surface area contributed by atoms with Gasteiger partial charge < -0.3 is 15.0 Å². The van der Waals surface area contributed by atoms with Crippen LogP contribution in [0, 0.1) is 12.7 Å². The minimum atomic E-state index is -0.582. The zero-order valence-electron chi connectivity index (χ0n) is 12.6. The minimum Gasteiger partial charge on any atom is -0.462 e. The Hall–Kier alpha value is -2.63. The molecule has 0 spiro atoms. The highest BCUT2D eigenvalue weighted by atomic mass is 19.1. The fourth-order valence-electron chi connectivity index (χ4n) is 1.97. The molecule has 6 heteroatoms. The summed E-state index contributed by atoms with van der Waals surface area (Å²) in [5.74, 6) is -1.04. The topological polar surface area (TPSA) is 71.2 Å². The zero-order valence-corrected chi connectivity index (χ0v) is 12.6. The smallest absolute Gasteiger partial charge is 0.341 e. The number of rotatable bonds is 5. The van der Waals surface area contributed by atoms with E-state index in [4.69, 9.17) is 4.74 Å². The Labute approximate surface area is 127 Å². The van der Waals surface area contributed by atoms with E-state index in [2.05, 4.69) is 10.3 Å². The first-order valence-electron chi connectivity index (χ1n) is 6.86. The second kappa shape index (κ2) is 6.43. The molecule has 2 rings (SSSR count). The lowest BCUT2D eigenvalue weighted by Gasteiger charge is -2.09. The van der Waals surface area contributed by atoms with E-state index in [9.17, 15) is 14.0 Å². The zero-order chi connectivity index (χ0) is 16.3. The van der Waals surface area contributed by atoms with E-state index < -0.39 is 11.8 Å². The van der Waals surface area contributed by atoms with Gasteiger partial charge in [0.05, 0.1) is 18.0 Å². The molecule has 1 aromatic carbocycles. The summed E-state index contributed by atoms with van der Waals surface area (Å²) in [5.41, 5.74) is 1.39. The van der Waals surface area contributed by atoms with Crippen LogP contribution >= 0.6 is 0 Å². The van der Waals surface area contributed by atoms with Crippen LogP contribution in [0.25, 0.3) is 0 Å². The van der Waals surface area contributed by atoms with Crippen molar-refractivity contribution < 1.29 is 18.7 Å². The molecule has 0 amide bonds. The highest BCUT2D eigenvalue weighted by Crippen LogP contribution is 2.25. The molecule has 0 saturated carbocycles. The van der Waals surface area contributed by atoms with Crippen LogP contribution in [0.15, 0.2) is 24.3 Å². The summed E-state index contributed by atoms with van der Waals surface area (Å²) in [4.78, 5) is 26.2. The molecule has 0 aliphatic heterocycles. The van der Waals surface area contributed by atoms with Crippen LogP contribution in [0.3, 0.4) is 0 Å². The summed E-state index contributed by atoms with van der Waals surface area (Å²) < 4.78 is 18.9. The molecule has 0 atom stereocenters. The number of esters is 1. The fraction of sp³-hybridized carbons (Fsp3) is 0.250. The second-order valence-electron chi connectivity index (χ2n) is 4.86. The number of nitrogens with one attached hydrogen (secondary N) is 2. The van der Waals surface area contributed by atoms with Gasteiger partial charge in [-0.05, 0) is 37.6 Å². The molecule has 0 fully saturated rings. The van der Waals surface area contributed by atoms with Crippen molar-refractivity contribution in [3.63, 3.8) is 0 Å². The molecule has 2 N–H and O–H groups in total. The van der Waals surface area contributed by atoms with Gasteiger partial charge >= 0.3 is 5.97 Å². The normalized spacial score (nSPS) is 10.4. The van der Waals surface area contributed by atoms with E-state index in [1.165, 1.54) is 19.1 Å². The van der Waals surface area contributed by atoms with Crippen molar-refractivity contribution in [3.05, 3.63) is 46.9 Å². The molecule has 0 aliphatic carbocycles. The van der Waals surface area contributed by atoms with Crippen molar-refractivity contribution >= 4 is 23.3 Å². The summed E-state index contributed by atoms with van der Waals surface area (Å²) in [6.45, 7) is 5.04. The van der Waals surface area contributed by atoms with Crippen LogP contribution in [0.1, 0.15) is 40.3 Å². The van der Waals surface area contributed by atoms with Gasteiger partial charge in [0.15, 0.2) is 5.78 Å². The molecule has 0 unspecified atom stereocenters. The van der Waals surface area contributed by atoms with E-state index in [0.29, 0.717) is 0 Å². The average molecular weight is 304 g/mol. The van der Waals surface area contributed by atoms with Crippen molar-refractivity contribution in [3.8, 4) is 0 Å². The van der Waals surface area contributed by atoms with Gasteiger partial charge in [-0.3, -0.25) is 4.79 Å². The Morgan fingerprint density at radius 3 is 2.64 bits per heavy atom. The number of H-pyrrole nitrogens is 1. The monoisotopic (exact) mass is 304 g/mol. The van der Waals surface area contributed by atoms with Gasteiger partial charge in [-0.2, -0.15) is 0 Å². The third-order valence-electron chi connectivity index (χ3n) is 3.08. The van der Waals surface area contributed by atoms with Crippen LogP contribution in [0.2, 0.25) is 0 Å². The van der Waals surface area contributed by atoms with Crippen LogP contribution < -0.4 is 5.32 Å². The lowest BCUT2D eigenvalue weighted by Crippen LogP contribution is -2.07. The fourth-order valence-corrected chi connectivity index (χ4v) is 1.97. The largest absolute Gasteiger partial charge is 0.462 e. The van der Waals surface area contributed by atoms with Gasteiger partial charge in [-0.25, -0.2) is 9.18 Å². The van der Waals surface area contributed by atoms with Gasteiger partial charge in [-0.15, -0.1) is 0 Å². The number of ether oxygens (including phenoxy) is 1. The maximum Gasteiger partial charge on any atom is 0.341 e. The number of aryl methyl sites for hydroxylation is 1. The number of ketones is 1. The SMILES string of the molecule is CCOC(=O)c1cc(C(C)=O)[nH]c1Nc1ccc(C)cc1F. The molecule has 1 heterocycles. The predicted molar refractivity (Wildman–Crippen MR) is 81.2 cm³/mol. The third kappa shape index (κ3) is 3.33. The van der Waals surface area contributed by atoms with Crippen LogP contribution in [-0.4, -0.2) is 23.3 Å². The van der Waals surface area contributed by atoms with E-state index in [1.807, 2.05) is 0 Å². The number of aromatic nitrogens is 1. The van der Waals surface area contributed by atoms with Crippen molar-refractivity contribution in [2.24, 2.45) is 0 Å². The number of halogens is 1. The first kappa shape index (κ1) is 15.8. The van der Waals surface area contributed by atoms with Gasteiger partial charge in [0.2, 0.25) is 0 Å². The van der Waals surface area contributed by atoms with E-state index in [1.54, 1.807) is 26.0 Å². The predicted octanol–water partition coefficient (Wildman–Crippen LogP) is 3.59. The summed E-state index contributed by atoms with van der Waals surface area (Å²) in [7, 11) is 0. The number of carbonyl (C=O) groups is 2. The first-order chi connectivity index (χ1) is 10.4. The van der Waals surface area contributed by atoms with Gasteiger partial charge in [0.1, 0.15) is 17.2 Å². The van der Waals surface area contributed by atoms with E-state index in [0.717, 1.165) is 5.56 Å². The Morgan fingerprint density at radius 2 is 2.05 bits per heavy atom. The molecule has 1 aromatic heterocycles. The summed E-state index contributed by atoms with van der Waals surface area (Å²) >= 11 is 0. The molecule has 2 aromatic rings. The number of benzene rings is 1. The Morgan fingerprint density at radius 1 is 1.32 bits per heavy atom. The minimum absolute atomic E-state index is 0.159. The van der Waals surface area contributed by atoms with Gasteiger partial charge in [-0.1, -0.05) is 6.07 Å². The van der Waals surface area contributed by atoms with Crippen molar-refractivity contribution in [2.75, 3.05) is 11.9 Å². The molecule has 5 nitrogen and oxygen atoms in total. The van der Waals surface area contributed by atoms with Crippen molar-refractivity contribution in [2.45, 2.75) is 20.8 Å². The molecule has 0 bridgehead atoms. The quantitative estimate of drug-likeness (QED) is 0.654. The lowest BCUT2D eigenvalue weighted by atomic mass is 10.2. The Balaban J connectivity index is 2.40. The highest BCUT2D eigenvalue weighted by molar-refractivity contribution is 6.01. The first-order valence-corrected chi connectivity index (χ1v) is 6.86. The van der Waals surface area contributed by atoms with Crippen LogP contribution in [0.4, 0.5) is 15.9 Å². The lowest BCUT2D eigenvalue weighted by molar-refractivity contribution is 0.0528. The number of aromatic amines is 1. The van der Waals surface area contributed by atoms with E-state index >= 15 is 0 Å². The Kier molecular flexibility index (Phi) is 4.60. The average Bonchev–Trinajstić information content (AvgIpc) is 2.86. The summed E-state index contributed by atoms with van der Waals surface area (Å²) in [6, 6.07) is 6.08. The van der Waals surface area contributed by atoms with Crippen molar-refractivity contribution in [1.82, 2.24) is 4.98 Å². The molecule has 0 saturated heterocycles.